The molecule has 0 aromatic heterocycles. The van der Waals surface area contributed by atoms with Crippen molar-refractivity contribution in [1.82, 2.24) is 10.0 Å². The highest BCUT2D eigenvalue weighted by molar-refractivity contribution is 5.79. The van der Waals surface area contributed by atoms with E-state index in [0.717, 1.165) is 12.8 Å². The fraction of sp³-hybridized carbons (Fsp3) is 0.750. The molecule has 0 N–H and O–H groups in total. The summed E-state index contributed by atoms with van der Waals surface area (Å²) in [7, 11) is 0. The zero-order chi connectivity index (χ0) is 9.14. The number of hydrogen-bond donors (Lipinski definition) is 0. The molecule has 1 aliphatic rings. The van der Waals surface area contributed by atoms with Crippen LogP contribution in [0.4, 0.5) is 0 Å². The maximum Gasteiger partial charge on any atom is 0.238 e. The SMILES string of the molecule is CC(=O)N1CCCCN1C(C)=O. The minimum Gasteiger partial charge on any atom is -0.273 e. The molecular weight excluding hydrogens is 156 g/mol. The van der Waals surface area contributed by atoms with Gasteiger partial charge in [-0.2, -0.15) is 0 Å². The minimum absolute atomic E-state index is 0.0510. The molecule has 4 heteroatoms. The second-order valence-electron chi connectivity index (χ2n) is 2.99. The molecule has 4 nitrogen and oxygen atoms in total. The molecule has 0 radical (unpaired) electrons. The number of carbonyl (C=O) groups excluding carboxylic acids is 2. The molecule has 0 atom stereocenters. The molecule has 1 rings (SSSR count). The van der Waals surface area contributed by atoms with E-state index in [4.69, 9.17) is 0 Å². The van der Waals surface area contributed by atoms with Gasteiger partial charge in [-0.3, -0.25) is 19.6 Å². The van der Waals surface area contributed by atoms with E-state index in [1.807, 2.05) is 0 Å². The number of carbonyl (C=O) groups is 2. The predicted molar refractivity (Wildman–Crippen MR) is 44.0 cm³/mol. The fourth-order valence-corrected chi connectivity index (χ4v) is 1.42. The topological polar surface area (TPSA) is 40.6 Å². The lowest BCUT2D eigenvalue weighted by molar-refractivity contribution is -0.164. The van der Waals surface area contributed by atoms with Gasteiger partial charge in [-0.1, -0.05) is 0 Å². The molecule has 0 spiro atoms. The summed E-state index contributed by atoms with van der Waals surface area (Å²) in [5, 5.41) is 3.04. The molecule has 0 bridgehead atoms. The van der Waals surface area contributed by atoms with Gasteiger partial charge < -0.3 is 0 Å². The molecular formula is C8H14N2O2. The highest BCUT2D eigenvalue weighted by Gasteiger charge is 2.23. The first-order chi connectivity index (χ1) is 5.63. The zero-order valence-electron chi connectivity index (χ0n) is 7.54. The summed E-state index contributed by atoms with van der Waals surface area (Å²) in [6.07, 6.45) is 1.98. The van der Waals surface area contributed by atoms with E-state index >= 15 is 0 Å². The Hall–Kier alpha value is -1.06. The summed E-state index contributed by atoms with van der Waals surface area (Å²) < 4.78 is 0. The van der Waals surface area contributed by atoms with Gasteiger partial charge in [0.2, 0.25) is 11.8 Å². The van der Waals surface area contributed by atoms with Gasteiger partial charge >= 0.3 is 0 Å². The van der Waals surface area contributed by atoms with E-state index < -0.39 is 0 Å². The van der Waals surface area contributed by atoms with Crippen LogP contribution in [0.5, 0.6) is 0 Å². The van der Waals surface area contributed by atoms with Crippen molar-refractivity contribution in [2.45, 2.75) is 26.7 Å². The molecule has 1 saturated heterocycles. The summed E-state index contributed by atoms with van der Waals surface area (Å²) in [6.45, 7) is 4.33. The highest BCUT2D eigenvalue weighted by atomic mass is 16.2. The van der Waals surface area contributed by atoms with Crippen LogP contribution in [0.2, 0.25) is 0 Å². The Labute approximate surface area is 72.1 Å². The first-order valence-corrected chi connectivity index (χ1v) is 4.19. The van der Waals surface area contributed by atoms with Gasteiger partial charge in [0.25, 0.3) is 0 Å². The summed E-state index contributed by atoms with van der Waals surface area (Å²) in [6, 6.07) is 0. The van der Waals surface area contributed by atoms with Crippen molar-refractivity contribution in [1.29, 1.82) is 0 Å². The first-order valence-electron chi connectivity index (χ1n) is 4.19. The van der Waals surface area contributed by atoms with Gasteiger partial charge in [0.1, 0.15) is 0 Å². The number of hydrazine groups is 1. The van der Waals surface area contributed by atoms with Crippen LogP contribution in [0.15, 0.2) is 0 Å². The van der Waals surface area contributed by atoms with Gasteiger partial charge in [0.05, 0.1) is 0 Å². The maximum atomic E-state index is 11.0. The van der Waals surface area contributed by atoms with E-state index in [1.54, 1.807) is 0 Å². The van der Waals surface area contributed by atoms with E-state index in [2.05, 4.69) is 0 Å². The van der Waals surface area contributed by atoms with Crippen molar-refractivity contribution in [2.24, 2.45) is 0 Å². The van der Waals surface area contributed by atoms with E-state index in [-0.39, 0.29) is 11.8 Å². The molecule has 1 heterocycles. The Morgan fingerprint density at radius 1 is 0.917 bits per heavy atom. The summed E-state index contributed by atoms with van der Waals surface area (Å²) in [4.78, 5) is 22.1. The third kappa shape index (κ3) is 1.75. The molecule has 0 aromatic carbocycles. The van der Waals surface area contributed by atoms with Crippen LogP contribution in [0.3, 0.4) is 0 Å². The van der Waals surface area contributed by atoms with E-state index in [9.17, 15) is 9.59 Å². The van der Waals surface area contributed by atoms with Gasteiger partial charge in [0, 0.05) is 26.9 Å². The van der Waals surface area contributed by atoms with Crippen LogP contribution in [-0.2, 0) is 9.59 Å². The van der Waals surface area contributed by atoms with Crippen LogP contribution in [-0.4, -0.2) is 34.9 Å². The van der Waals surface area contributed by atoms with Crippen molar-refractivity contribution in [3.8, 4) is 0 Å². The lowest BCUT2D eigenvalue weighted by Gasteiger charge is -2.37. The number of rotatable bonds is 0. The Balaban J connectivity index is 2.67. The minimum atomic E-state index is -0.0510. The summed E-state index contributed by atoms with van der Waals surface area (Å²) in [5.41, 5.74) is 0. The van der Waals surface area contributed by atoms with Crippen molar-refractivity contribution in [2.75, 3.05) is 13.1 Å². The Kier molecular flexibility index (Phi) is 2.68. The second-order valence-corrected chi connectivity index (χ2v) is 2.99. The third-order valence-electron chi connectivity index (χ3n) is 2.01. The Morgan fingerprint density at radius 2 is 1.25 bits per heavy atom. The van der Waals surface area contributed by atoms with Crippen LogP contribution < -0.4 is 0 Å². The van der Waals surface area contributed by atoms with Crippen molar-refractivity contribution in [3.05, 3.63) is 0 Å². The molecule has 1 aliphatic heterocycles. The molecule has 0 unspecified atom stereocenters. The Bertz CT molecular complexity index is 181. The first kappa shape index (κ1) is 9.03. The third-order valence-corrected chi connectivity index (χ3v) is 2.01. The average molecular weight is 170 g/mol. The van der Waals surface area contributed by atoms with E-state index in [0.29, 0.717) is 13.1 Å². The number of hydrogen-bond acceptors (Lipinski definition) is 2. The Morgan fingerprint density at radius 3 is 1.50 bits per heavy atom. The van der Waals surface area contributed by atoms with Crippen molar-refractivity contribution >= 4 is 11.8 Å². The molecule has 2 amide bonds. The molecule has 68 valence electrons. The molecule has 1 fully saturated rings. The van der Waals surface area contributed by atoms with Crippen LogP contribution >= 0.6 is 0 Å². The number of nitrogens with zero attached hydrogens (tertiary/aromatic N) is 2. The highest BCUT2D eigenvalue weighted by Crippen LogP contribution is 2.10. The van der Waals surface area contributed by atoms with Crippen LogP contribution in [0, 0.1) is 0 Å². The molecule has 0 aliphatic carbocycles. The molecule has 0 aromatic rings. The van der Waals surface area contributed by atoms with Crippen molar-refractivity contribution in [3.63, 3.8) is 0 Å². The van der Waals surface area contributed by atoms with Crippen molar-refractivity contribution < 1.29 is 9.59 Å². The monoisotopic (exact) mass is 170 g/mol. The lowest BCUT2D eigenvalue weighted by atomic mass is 10.2. The van der Waals surface area contributed by atoms with Crippen LogP contribution in [0.25, 0.3) is 0 Å². The normalized spacial score (nSPS) is 17.8. The molecule has 12 heavy (non-hydrogen) atoms. The van der Waals surface area contributed by atoms with Gasteiger partial charge in [-0.05, 0) is 12.8 Å². The largest absolute Gasteiger partial charge is 0.273 e. The zero-order valence-corrected chi connectivity index (χ0v) is 7.54. The fourth-order valence-electron chi connectivity index (χ4n) is 1.42. The van der Waals surface area contributed by atoms with E-state index in [1.165, 1.54) is 23.9 Å². The van der Waals surface area contributed by atoms with Gasteiger partial charge in [-0.25, -0.2) is 0 Å². The van der Waals surface area contributed by atoms with Gasteiger partial charge in [0.15, 0.2) is 0 Å². The summed E-state index contributed by atoms with van der Waals surface area (Å²) in [5.74, 6) is -0.102. The molecule has 0 saturated carbocycles. The predicted octanol–water partition coefficient (Wildman–Crippen LogP) is 0.392. The van der Waals surface area contributed by atoms with Gasteiger partial charge in [-0.15, -0.1) is 0 Å². The quantitative estimate of drug-likeness (QED) is 0.527. The second kappa shape index (κ2) is 3.56. The number of amides is 2. The average Bonchev–Trinajstić information content (AvgIpc) is 2.04. The standard InChI is InChI=1S/C8H14N2O2/c1-7(11)9-5-3-4-6-10(9)8(2)12/h3-6H2,1-2H3. The smallest absolute Gasteiger partial charge is 0.238 e. The summed E-state index contributed by atoms with van der Waals surface area (Å²) >= 11 is 0. The van der Waals surface area contributed by atoms with Crippen LogP contribution in [0.1, 0.15) is 26.7 Å². The maximum absolute atomic E-state index is 11.0. The lowest BCUT2D eigenvalue weighted by Crippen LogP contribution is -2.51.